The molecular formula is C5H15ClMgO. The molecule has 0 aromatic rings. The van der Waals surface area contributed by atoms with Gasteiger partial charge in [-0.3, -0.25) is 0 Å². The minimum Gasteiger partial charge on any atom is -0.396 e. The third kappa shape index (κ3) is 15.7. The zero-order valence-electron chi connectivity index (χ0n) is 4.85. The summed E-state index contributed by atoms with van der Waals surface area (Å²) in [6, 6.07) is 0. The molecule has 0 aliphatic heterocycles. The largest absolute Gasteiger partial charge is 0.396 e. The van der Waals surface area contributed by atoms with Gasteiger partial charge in [0.25, 0.3) is 0 Å². The molecule has 0 atom stereocenters. The van der Waals surface area contributed by atoms with Gasteiger partial charge in [0.05, 0.1) is 0 Å². The molecule has 8 heavy (non-hydrogen) atoms. The third-order valence-corrected chi connectivity index (χ3v) is 0.706. The van der Waals surface area contributed by atoms with Crippen LogP contribution in [0.2, 0.25) is 0 Å². The molecule has 3 heteroatoms. The SMILES string of the molecule is CC(C)CCO.Cl.[MgH2]. The molecule has 0 fully saturated rings. The zero-order chi connectivity index (χ0) is 4.99. The minimum absolute atomic E-state index is 0. The van der Waals surface area contributed by atoms with Crippen molar-refractivity contribution in [2.45, 2.75) is 20.3 Å². The lowest BCUT2D eigenvalue weighted by atomic mass is 10.2. The highest BCUT2D eigenvalue weighted by molar-refractivity contribution is 5.85. The maximum Gasteiger partial charge on any atom is 0.316 e. The molecule has 0 aliphatic carbocycles. The van der Waals surface area contributed by atoms with Crippen molar-refractivity contribution in [3.8, 4) is 0 Å². The molecule has 0 saturated heterocycles. The van der Waals surface area contributed by atoms with E-state index in [9.17, 15) is 0 Å². The Balaban J connectivity index is -0.000000125. The van der Waals surface area contributed by atoms with Crippen LogP contribution in [0.3, 0.4) is 0 Å². The maximum absolute atomic E-state index is 8.24. The number of hydrogen-bond donors (Lipinski definition) is 1. The van der Waals surface area contributed by atoms with Crippen LogP contribution in [0.25, 0.3) is 0 Å². The van der Waals surface area contributed by atoms with Gasteiger partial charge in [-0.25, -0.2) is 0 Å². The molecule has 0 aromatic heterocycles. The summed E-state index contributed by atoms with van der Waals surface area (Å²) in [7, 11) is 0. The first-order valence-corrected chi connectivity index (χ1v) is 2.38. The molecular weight excluding hydrogens is 136 g/mol. The molecule has 0 unspecified atom stereocenters. The monoisotopic (exact) mass is 150 g/mol. The molecule has 0 saturated carbocycles. The van der Waals surface area contributed by atoms with Crippen LogP contribution in [0, 0.1) is 5.92 Å². The molecule has 0 heterocycles. The summed E-state index contributed by atoms with van der Waals surface area (Å²) in [6.07, 6.45) is 0.931. The molecule has 1 N–H and O–H groups in total. The van der Waals surface area contributed by atoms with Crippen LogP contribution >= 0.6 is 12.4 Å². The molecule has 0 aliphatic rings. The van der Waals surface area contributed by atoms with E-state index in [0.717, 1.165) is 6.42 Å². The van der Waals surface area contributed by atoms with E-state index in [-0.39, 0.29) is 35.5 Å². The van der Waals surface area contributed by atoms with Crippen molar-refractivity contribution in [3.63, 3.8) is 0 Å². The van der Waals surface area contributed by atoms with Gasteiger partial charge in [0.2, 0.25) is 0 Å². The molecule has 0 bridgehead atoms. The highest BCUT2D eigenvalue weighted by atomic mass is 35.5. The summed E-state index contributed by atoms with van der Waals surface area (Å²) in [5.74, 6) is 0.648. The van der Waals surface area contributed by atoms with Gasteiger partial charge in [-0.2, -0.15) is 0 Å². The Morgan fingerprint density at radius 1 is 1.38 bits per heavy atom. The first kappa shape index (κ1) is 16.0. The Morgan fingerprint density at radius 2 is 1.75 bits per heavy atom. The number of hydrogen-bond acceptors (Lipinski definition) is 1. The van der Waals surface area contributed by atoms with E-state index in [2.05, 4.69) is 13.8 Å². The van der Waals surface area contributed by atoms with E-state index in [4.69, 9.17) is 5.11 Å². The number of rotatable bonds is 2. The predicted octanol–water partition coefficient (Wildman–Crippen LogP) is 0.530. The topological polar surface area (TPSA) is 20.2 Å². The van der Waals surface area contributed by atoms with Crippen molar-refractivity contribution in [1.29, 1.82) is 0 Å². The van der Waals surface area contributed by atoms with E-state index in [0.29, 0.717) is 12.5 Å². The van der Waals surface area contributed by atoms with E-state index in [1.165, 1.54) is 0 Å². The molecule has 0 spiro atoms. The standard InChI is InChI=1S/C5H12O.ClH.Mg.2H/c1-5(2)3-4-6;;;;/h5-6H,3-4H2,1-2H3;1H;;;. The van der Waals surface area contributed by atoms with Crippen LogP contribution in [0.4, 0.5) is 0 Å². The Kier molecular flexibility index (Phi) is 21.8. The fourth-order valence-corrected chi connectivity index (χ4v) is 0.258. The Morgan fingerprint density at radius 3 is 1.75 bits per heavy atom. The average molecular weight is 151 g/mol. The van der Waals surface area contributed by atoms with Gasteiger partial charge in [-0.15, -0.1) is 12.4 Å². The van der Waals surface area contributed by atoms with Crippen LogP contribution in [0.15, 0.2) is 0 Å². The minimum atomic E-state index is 0. The van der Waals surface area contributed by atoms with Gasteiger partial charge >= 0.3 is 23.1 Å². The van der Waals surface area contributed by atoms with Gasteiger partial charge in [-0.05, 0) is 12.3 Å². The average Bonchev–Trinajstić information content (AvgIpc) is 1.35. The molecule has 1 nitrogen and oxygen atoms in total. The highest BCUT2D eigenvalue weighted by Gasteiger charge is 1.86. The van der Waals surface area contributed by atoms with Crippen LogP contribution in [0.1, 0.15) is 20.3 Å². The molecule has 50 valence electrons. The van der Waals surface area contributed by atoms with Crippen molar-refractivity contribution in [1.82, 2.24) is 0 Å². The van der Waals surface area contributed by atoms with Gasteiger partial charge in [0, 0.05) is 6.61 Å². The van der Waals surface area contributed by atoms with Crippen molar-refractivity contribution in [2.24, 2.45) is 5.92 Å². The Bertz CT molecular complexity index is 33.6. The quantitative estimate of drug-likeness (QED) is 0.570. The van der Waals surface area contributed by atoms with Crippen LogP contribution in [-0.2, 0) is 0 Å². The van der Waals surface area contributed by atoms with Gasteiger partial charge in [0.15, 0.2) is 0 Å². The predicted molar refractivity (Wildman–Crippen MR) is 42.3 cm³/mol. The lowest BCUT2D eigenvalue weighted by Gasteiger charge is -1.95. The summed E-state index contributed by atoms with van der Waals surface area (Å²) >= 11 is 0. The summed E-state index contributed by atoms with van der Waals surface area (Å²) in [6.45, 7) is 4.52. The number of aliphatic hydroxyl groups is 1. The number of halogens is 1. The van der Waals surface area contributed by atoms with Crippen LogP contribution in [-0.4, -0.2) is 34.8 Å². The van der Waals surface area contributed by atoms with E-state index in [1.54, 1.807) is 0 Å². The smallest absolute Gasteiger partial charge is 0.316 e. The maximum atomic E-state index is 8.24. The lowest BCUT2D eigenvalue weighted by Crippen LogP contribution is -1.89. The number of aliphatic hydroxyl groups excluding tert-OH is 1. The summed E-state index contributed by atoms with van der Waals surface area (Å²) in [4.78, 5) is 0. The van der Waals surface area contributed by atoms with Crippen LogP contribution in [0.5, 0.6) is 0 Å². The first-order valence-electron chi connectivity index (χ1n) is 2.38. The van der Waals surface area contributed by atoms with E-state index < -0.39 is 0 Å². The first-order chi connectivity index (χ1) is 2.77. The lowest BCUT2D eigenvalue weighted by molar-refractivity contribution is 0.268. The van der Waals surface area contributed by atoms with Crippen molar-refractivity contribution in [3.05, 3.63) is 0 Å². The fourth-order valence-electron chi connectivity index (χ4n) is 0.258. The summed E-state index contributed by atoms with van der Waals surface area (Å²) in [5, 5.41) is 8.24. The van der Waals surface area contributed by atoms with Gasteiger partial charge in [-0.1, -0.05) is 13.8 Å². The molecule has 0 aromatic carbocycles. The molecule has 0 amide bonds. The Labute approximate surface area is 73.4 Å². The second kappa shape index (κ2) is 10.9. The second-order valence-electron chi connectivity index (χ2n) is 1.91. The molecule has 0 radical (unpaired) electrons. The summed E-state index contributed by atoms with van der Waals surface area (Å²) < 4.78 is 0. The van der Waals surface area contributed by atoms with Crippen LogP contribution < -0.4 is 0 Å². The van der Waals surface area contributed by atoms with Gasteiger partial charge < -0.3 is 5.11 Å². The second-order valence-corrected chi connectivity index (χ2v) is 1.91. The van der Waals surface area contributed by atoms with Crippen molar-refractivity contribution in [2.75, 3.05) is 6.61 Å². The van der Waals surface area contributed by atoms with Gasteiger partial charge in [0.1, 0.15) is 0 Å². The molecule has 0 rings (SSSR count). The summed E-state index contributed by atoms with van der Waals surface area (Å²) in [5.41, 5.74) is 0. The van der Waals surface area contributed by atoms with Crippen molar-refractivity contribution >= 4 is 35.5 Å². The zero-order valence-corrected chi connectivity index (χ0v) is 5.66. The Hall–Kier alpha value is 1.02. The van der Waals surface area contributed by atoms with Crippen molar-refractivity contribution < 1.29 is 5.11 Å². The highest BCUT2D eigenvalue weighted by Crippen LogP contribution is 1.94. The third-order valence-electron chi connectivity index (χ3n) is 0.706. The van der Waals surface area contributed by atoms with E-state index in [1.807, 2.05) is 0 Å². The van der Waals surface area contributed by atoms with E-state index >= 15 is 0 Å². The normalized spacial score (nSPS) is 7.50. The fraction of sp³-hybridized carbons (Fsp3) is 1.00.